The highest BCUT2D eigenvalue weighted by atomic mass is 35.5. The van der Waals surface area contributed by atoms with Crippen molar-refractivity contribution in [2.45, 2.75) is 39.5 Å². The highest BCUT2D eigenvalue weighted by molar-refractivity contribution is 7.12. The summed E-state index contributed by atoms with van der Waals surface area (Å²) < 4.78 is 0. The summed E-state index contributed by atoms with van der Waals surface area (Å²) in [6, 6.07) is 11.4. The smallest absolute Gasteiger partial charge is 0.162 e. The topological polar surface area (TPSA) is 70.1 Å². The number of hydrogen-bond acceptors (Lipinski definition) is 5. The fraction of sp³-hybridized carbons (Fsp3) is 0.304. The number of halogens is 2. The van der Waals surface area contributed by atoms with E-state index < -0.39 is 5.92 Å². The largest absolute Gasteiger partial charge is 0.384 e. The van der Waals surface area contributed by atoms with Gasteiger partial charge in [0, 0.05) is 37.5 Å². The summed E-state index contributed by atoms with van der Waals surface area (Å²) in [6.45, 7) is 6.15. The molecule has 1 aliphatic carbocycles. The molecule has 4 nitrogen and oxygen atoms in total. The Morgan fingerprint density at radius 3 is 2.43 bits per heavy atom. The van der Waals surface area contributed by atoms with E-state index in [4.69, 9.17) is 28.9 Å². The SMILES string of the molecule is Cc1ccc(C2C(C#N)=C(N)N(c3cc(Cl)cc(Cl)c3)C3=C2C(=O)CC(C)(C)C3)s1. The molecule has 2 heterocycles. The molecule has 30 heavy (non-hydrogen) atoms. The molecule has 0 saturated heterocycles. The molecule has 2 aromatic rings. The number of rotatable bonds is 2. The summed E-state index contributed by atoms with van der Waals surface area (Å²) in [5.41, 5.74) is 8.87. The van der Waals surface area contributed by atoms with E-state index in [2.05, 4.69) is 19.9 Å². The number of carbonyl (C=O) groups is 1. The van der Waals surface area contributed by atoms with Crippen molar-refractivity contribution in [3.63, 3.8) is 0 Å². The van der Waals surface area contributed by atoms with Gasteiger partial charge in [-0.1, -0.05) is 37.0 Å². The zero-order chi connectivity index (χ0) is 21.8. The second-order valence-electron chi connectivity index (χ2n) is 8.56. The first kappa shape index (κ1) is 21.0. The Labute approximate surface area is 190 Å². The van der Waals surface area contributed by atoms with Crippen LogP contribution in [0.4, 0.5) is 5.69 Å². The maximum atomic E-state index is 13.4. The van der Waals surface area contributed by atoms with Gasteiger partial charge in [-0.3, -0.25) is 9.69 Å². The molecule has 1 aromatic heterocycles. The molecule has 0 bridgehead atoms. The van der Waals surface area contributed by atoms with Crippen LogP contribution in [0.3, 0.4) is 0 Å². The number of carbonyl (C=O) groups excluding carboxylic acids is 1. The second-order valence-corrected chi connectivity index (χ2v) is 10.7. The van der Waals surface area contributed by atoms with Crippen molar-refractivity contribution < 1.29 is 4.79 Å². The van der Waals surface area contributed by atoms with Gasteiger partial charge in [0.05, 0.1) is 23.2 Å². The number of benzene rings is 1. The van der Waals surface area contributed by atoms with E-state index in [1.807, 2.05) is 19.1 Å². The summed E-state index contributed by atoms with van der Waals surface area (Å²) >= 11 is 14.1. The number of nitriles is 1. The summed E-state index contributed by atoms with van der Waals surface area (Å²) in [5.74, 6) is -0.0787. The van der Waals surface area contributed by atoms with E-state index in [1.54, 1.807) is 34.4 Å². The Morgan fingerprint density at radius 1 is 1.20 bits per heavy atom. The molecule has 1 atom stereocenters. The van der Waals surface area contributed by atoms with Crippen molar-refractivity contribution in [1.29, 1.82) is 5.26 Å². The van der Waals surface area contributed by atoms with Crippen molar-refractivity contribution in [3.8, 4) is 6.07 Å². The zero-order valence-corrected chi connectivity index (χ0v) is 19.3. The lowest BCUT2D eigenvalue weighted by molar-refractivity contribution is -0.118. The minimum absolute atomic E-state index is 0.0516. The van der Waals surface area contributed by atoms with Crippen molar-refractivity contribution in [1.82, 2.24) is 0 Å². The second kappa shape index (κ2) is 7.46. The van der Waals surface area contributed by atoms with E-state index in [-0.39, 0.29) is 11.2 Å². The molecular formula is C23H21Cl2N3OS. The van der Waals surface area contributed by atoms with E-state index in [9.17, 15) is 10.1 Å². The number of allylic oxidation sites excluding steroid dienone is 3. The minimum atomic E-state index is -0.446. The monoisotopic (exact) mass is 457 g/mol. The molecule has 0 amide bonds. The molecule has 0 radical (unpaired) electrons. The Hall–Kier alpha value is -2.26. The molecule has 154 valence electrons. The van der Waals surface area contributed by atoms with Crippen LogP contribution >= 0.6 is 34.5 Å². The molecule has 7 heteroatoms. The quantitative estimate of drug-likeness (QED) is 0.573. The zero-order valence-electron chi connectivity index (χ0n) is 16.9. The lowest BCUT2D eigenvalue weighted by Crippen LogP contribution is -2.42. The Morgan fingerprint density at radius 2 is 1.87 bits per heavy atom. The fourth-order valence-corrected chi connectivity index (χ4v) is 5.88. The third-order valence-electron chi connectivity index (χ3n) is 5.53. The standard InChI is InChI=1S/C23H21Cl2N3OS/c1-12-4-5-19(30-12)20-16(11-26)22(27)28(15-7-13(24)6-14(25)8-15)17-9-23(2,3)10-18(29)21(17)20/h4-8,20H,9-10,27H2,1-3H3. The number of nitrogens with zero attached hydrogens (tertiary/aromatic N) is 2. The molecule has 0 saturated carbocycles. The number of aryl methyl sites for hydroxylation is 1. The Bertz CT molecular complexity index is 1150. The number of Topliss-reactive ketones (excluding diaryl/α,β-unsaturated/α-hetero) is 1. The van der Waals surface area contributed by atoms with Gasteiger partial charge in [-0.15, -0.1) is 11.3 Å². The molecular weight excluding hydrogens is 437 g/mol. The van der Waals surface area contributed by atoms with Crippen LogP contribution in [-0.2, 0) is 4.79 Å². The van der Waals surface area contributed by atoms with Crippen LogP contribution in [0.15, 0.2) is 53.0 Å². The van der Waals surface area contributed by atoms with Gasteiger partial charge in [0.25, 0.3) is 0 Å². The van der Waals surface area contributed by atoms with Crippen LogP contribution in [0.1, 0.15) is 42.4 Å². The number of nitrogens with two attached hydrogens (primary N) is 1. The molecule has 0 fully saturated rings. The summed E-state index contributed by atoms with van der Waals surface area (Å²) in [6.07, 6.45) is 1.08. The third kappa shape index (κ3) is 3.54. The lowest BCUT2D eigenvalue weighted by atomic mass is 9.69. The van der Waals surface area contributed by atoms with Gasteiger partial charge < -0.3 is 5.73 Å². The third-order valence-corrected chi connectivity index (χ3v) is 7.03. The van der Waals surface area contributed by atoms with Crippen LogP contribution in [0.5, 0.6) is 0 Å². The van der Waals surface area contributed by atoms with Gasteiger partial charge in [-0.25, -0.2) is 0 Å². The number of thiophene rings is 1. The van der Waals surface area contributed by atoms with Crippen LogP contribution in [0.25, 0.3) is 0 Å². The lowest BCUT2D eigenvalue weighted by Gasteiger charge is -2.43. The predicted octanol–water partition coefficient (Wildman–Crippen LogP) is 6.30. The molecule has 4 rings (SSSR count). The van der Waals surface area contributed by atoms with Crippen molar-refractivity contribution >= 4 is 46.0 Å². The van der Waals surface area contributed by atoms with Crippen molar-refractivity contribution in [2.75, 3.05) is 4.90 Å². The van der Waals surface area contributed by atoms with Crippen molar-refractivity contribution in [3.05, 3.63) is 72.8 Å². The number of hydrogen-bond donors (Lipinski definition) is 1. The van der Waals surface area contributed by atoms with Crippen LogP contribution < -0.4 is 10.6 Å². The molecule has 2 N–H and O–H groups in total. The predicted molar refractivity (Wildman–Crippen MR) is 123 cm³/mol. The van der Waals surface area contributed by atoms with Crippen LogP contribution in [0.2, 0.25) is 10.0 Å². The molecule has 0 spiro atoms. The van der Waals surface area contributed by atoms with E-state index in [0.717, 1.165) is 15.5 Å². The van der Waals surface area contributed by atoms with Gasteiger partial charge >= 0.3 is 0 Å². The highest BCUT2D eigenvalue weighted by Gasteiger charge is 2.45. The molecule has 1 aromatic carbocycles. The molecule has 1 aliphatic heterocycles. The highest BCUT2D eigenvalue weighted by Crippen LogP contribution is 2.51. The average molecular weight is 458 g/mol. The normalized spacial score (nSPS) is 21.0. The maximum Gasteiger partial charge on any atom is 0.162 e. The summed E-state index contributed by atoms with van der Waals surface area (Å²) in [7, 11) is 0. The van der Waals surface area contributed by atoms with Gasteiger partial charge in [-0.05, 0) is 49.1 Å². The number of anilines is 1. The van der Waals surface area contributed by atoms with Gasteiger partial charge in [-0.2, -0.15) is 5.26 Å². The Kier molecular flexibility index (Phi) is 5.22. The summed E-state index contributed by atoms with van der Waals surface area (Å²) in [4.78, 5) is 17.3. The first-order chi connectivity index (χ1) is 14.1. The summed E-state index contributed by atoms with van der Waals surface area (Å²) in [5, 5.41) is 11.0. The van der Waals surface area contributed by atoms with E-state index in [1.165, 1.54) is 0 Å². The Balaban J connectivity index is 2.02. The molecule has 1 unspecified atom stereocenters. The first-order valence-electron chi connectivity index (χ1n) is 9.60. The maximum absolute atomic E-state index is 13.4. The molecule has 2 aliphatic rings. The van der Waals surface area contributed by atoms with E-state index in [0.29, 0.717) is 45.5 Å². The van der Waals surface area contributed by atoms with Crippen LogP contribution in [-0.4, -0.2) is 5.78 Å². The average Bonchev–Trinajstić information content (AvgIpc) is 3.04. The number of ketones is 1. The first-order valence-corrected chi connectivity index (χ1v) is 11.2. The van der Waals surface area contributed by atoms with Crippen LogP contribution in [0, 0.1) is 23.7 Å². The van der Waals surface area contributed by atoms with Gasteiger partial charge in [0.1, 0.15) is 5.82 Å². The minimum Gasteiger partial charge on any atom is -0.384 e. The van der Waals surface area contributed by atoms with Gasteiger partial charge in [0.15, 0.2) is 5.78 Å². The fourth-order valence-electron chi connectivity index (χ4n) is 4.37. The van der Waals surface area contributed by atoms with Gasteiger partial charge in [0.2, 0.25) is 0 Å². The van der Waals surface area contributed by atoms with Crippen molar-refractivity contribution in [2.24, 2.45) is 11.1 Å². The van der Waals surface area contributed by atoms with E-state index >= 15 is 0 Å².